The molecule has 3 rings (SSSR count). The number of H-pyrrole nitrogens is 1. The van der Waals surface area contributed by atoms with Crippen molar-refractivity contribution >= 4 is 52.5 Å². The molecule has 3 N–H and O–H groups in total. The van der Waals surface area contributed by atoms with E-state index in [4.69, 9.17) is 44.6 Å². The van der Waals surface area contributed by atoms with Gasteiger partial charge in [-0.25, -0.2) is 14.8 Å². The molecule has 0 spiro atoms. The average molecular weight is 463 g/mol. The van der Waals surface area contributed by atoms with E-state index in [9.17, 15) is 9.59 Å². The molecule has 2 atom stereocenters. The zero-order chi connectivity index (χ0) is 21.3. The second-order valence-corrected chi connectivity index (χ2v) is 7.62. The molecule has 3 heterocycles. The van der Waals surface area contributed by atoms with Crippen LogP contribution in [0.1, 0.15) is 33.1 Å². The Kier molecular flexibility index (Phi) is 6.52. The number of anilines is 1. The zero-order valence-corrected chi connectivity index (χ0v) is 17.8. The van der Waals surface area contributed by atoms with E-state index in [1.54, 1.807) is 6.92 Å². The number of aromatic nitrogens is 3. The smallest absolute Gasteiger partial charge is 0.354 e. The lowest BCUT2D eigenvalue weighted by atomic mass is 10.0. The van der Waals surface area contributed by atoms with Gasteiger partial charge in [-0.2, -0.15) is 0 Å². The van der Waals surface area contributed by atoms with Gasteiger partial charge in [0.15, 0.2) is 5.69 Å². The van der Waals surface area contributed by atoms with Crippen molar-refractivity contribution < 1.29 is 19.4 Å². The number of carbonyl (C=O) groups excluding carboxylic acids is 1. The quantitative estimate of drug-likeness (QED) is 0.584. The maximum atomic E-state index is 12.6. The molecular formula is C17H18Cl3N5O4. The first-order valence-corrected chi connectivity index (χ1v) is 9.74. The van der Waals surface area contributed by atoms with Gasteiger partial charge in [0, 0.05) is 32.0 Å². The summed E-state index contributed by atoms with van der Waals surface area (Å²) < 4.78 is 5.54. The lowest BCUT2D eigenvalue weighted by Crippen LogP contribution is -2.55. The Morgan fingerprint density at radius 2 is 2.03 bits per heavy atom. The highest BCUT2D eigenvalue weighted by atomic mass is 35.5. The number of hydrogen-bond acceptors (Lipinski definition) is 6. The number of nitrogens with one attached hydrogen (secondary N) is 2. The Bertz CT molecular complexity index is 951. The second-order valence-electron chi connectivity index (χ2n) is 6.53. The maximum absolute atomic E-state index is 12.6. The first-order chi connectivity index (χ1) is 13.7. The molecule has 0 radical (unpaired) electrons. The van der Waals surface area contributed by atoms with Gasteiger partial charge in [-0.15, -0.1) is 0 Å². The van der Waals surface area contributed by atoms with Gasteiger partial charge in [0.1, 0.15) is 11.5 Å². The molecule has 12 heteroatoms. The number of aromatic carboxylic acids is 1. The Balaban J connectivity index is 1.74. The van der Waals surface area contributed by atoms with Gasteiger partial charge < -0.3 is 25.0 Å². The van der Waals surface area contributed by atoms with Gasteiger partial charge in [-0.1, -0.05) is 23.2 Å². The van der Waals surface area contributed by atoms with Gasteiger partial charge >= 0.3 is 5.97 Å². The van der Waals surface area contributed by atoms with E-state index >= 15 is 0 Å². The molecule has 1 fully saturated rings. The summed E-state index contributed by atoms with van der Waals surface area (Å²) in [5, 5.41) is 12.4. The normalized spacial score (nSPS) is 19.3. The van der Waals surface area contributed by atoms with Gasteiger partial charge in [0.25, 0.3) is 5.91 Å². The number of carbonyl (C=O) groups is 2. The van der Waals surface area contributed by atoms with E-state index in [1.165, 1.54) is 13.2 Å². The minimum Gasteiger partial charge on any atom is -0.477 e. The molecule has 2 aromatic heterocycles. The Morgan fingerprint density at radius 1 is 1.31 bits per heavy atom. The number of aromatic amines is 1. The summed E-state index contributed by atoms with van der Waals surface area (Å²) in [7, 11) is 1.53. The van der Waals surface area contributed by atoms with Crippen LogP contribution in [0.15, 0.2) is 6.07 Å². The number of ether oxygens (including phenoxy) is 1. The van der Waals surface area contributed by atoms with Crippen LogP contribution in [0.5, 0.6) is 0 Å². The SMILES string of the molecule is COC1CN(c2cc(C(=O)O)nc(Cl)n2)CCC1NC(=O)c1[nH]c(C)c(Cl)c1Cl. The van der Waals surface area contributed by atoms with Crippen molar-refractivity contribution in [3.63, 3.8) is 0 Å². The van der Waals surface area contributed by atoms with Crippen LogP contribution in [-0.4, -0.2) is 64.3 Å². The van der Waals surface area contributed by atoms with Crippen LogP contribution >= 0.6 is 34.8 Å². The molecule has 29 heavy (non-hydrogen) atoms. The van der Waals surface area contributed by atoms with Crippen LogP contribution < -0.4 is 10.2 Å². The minimum atomic E-state index is -1.20. The standard InChI is InChI=1S/C17H18Cl3N5O4/c1-7-12(18)13(19)14(21-7)15(26)22-8-3-4-25(6-10(8)29-2)11-5-9(16(27)28)23-17(20)24-11/h5,8,10,21H,3-4,6H2,1-2H3,(H,22,26)(H,27,28). The highest BCUT2D eigenvalue weighted by molar-refractivity contribution is 6.44. The van der Waals surface area contributed by atoms with E-state index in [0.717, 1.165) is 0 Å². The fourth-order valence-electron chi connectivity index (χ4n) is 3.17. The maximum Gasteiger partial charge on any atom is 0.354 e. The molecule has 9 nitrogen and oxygen atoms in total. The summed E-state index contributed by atoms with van der Waals surface area (Å²) in [5.74, 6) is -1.20. The topological polar surface area (TPSA) is 120 Å². The summed E-state index contributed by atoms with van der Waals surface area (Å²) in [5.41, 5.74) is 0.605. The van der Waals surface area contributed by atoms with Gasteiger partial charge in [-0.3, -0.25) is 4.79 Å². The minimum absolute atomic E-state index is 0.155. The van der Waals surface area contributed by atoms with E-state index < -0.39 is 5.97 Å². The van der Waals surface area contributed by atoms with Gasteiger partial charge in [-0.05, 0) is 24.9 Å². The Labute approximate surface area is 181 Å². The zero-order valence-electron chi connectivity index (χ0n) is 15.5. The number of amides is 1. The van der Waals surface area contributed by atoms with E-state index in [1.807, 2.05) is 4.90 Å². The highest BCUT2D eigenvalue weighted by Gasteiger charge is 2.32. The van der Waals surface area contributed by atoms with Crippen LogP contribution in [0.2, 0.25) is 15.3 Å². The van der Waals surface area contributed by atoms with Crippen LogP contribution in [-0.2, 0) is 4.74 Å². The van der Waals surface area contributed by atoms with Crippen molar-refractivity contribution in [1.29, 1.82) is 0 Å². The first-order valence-electron chi connectivity index (χ1n) is 8.61. The lowest BCUT2D eigenvalue weighted by molar-refractivity contribution is 0.0538. The number of halogens is 3. The molecule has 1 saturated heterocycles. The number of hydrogen-bond donors (Lipinski definition) is 3. The Morgan fingerprint density at radius 3 is 2.62 bits per heavy atom. The average Bonchev–Trinajstić information content (AvgIpc) is 2.95. The third-order valence-electron chi connectivity index (χ3n) is 4.69. The largest absolute Gasteiger partial charge is 0.477 e. The van der Waals surface area contributed by atoms with Crippen molar-refractivity contribution in [3.05, 3.63) is 38.5 Å². The monoisotopic (exact) mass is 461 g/mol. The molecule has 0 bridgehead atoms. The molecule has 0 aliphatic carbocycles. The van der Waals surface area contributed by atoms with Crippen molar-refractivity contribution in [3.8, 4) is 0 Å². The van der Waals surface area contributed by atoms with Crippen molar-refractivity contribution in [2.24, 2.45) is 0 Å². The summed E-state index contributed by atoms with van der Waals surface area (Å²) in [6.07, 6.45) is 0.152. The molecule has 1 aliphatic heterocycles. The predicted octanol–water partition coefficient (Wildman–Crippen LogP) is 2.80. The van der Waals surface area contributed by atoms with E-state index in [0.29, 0.717) is 36.0 Å². The number of methoxy groups -OCH3 is 1. The number of rotatable bonds is 5. The van der Waals surface area contributed by atoms with Crippen LogP contribution in [0.25, 0.3) is 0 Å². The predicted molar refractivity (Wildman–Crippen MR) is 108 cm³/mol. The van der Waals surface area contributed by atoms with Gasteiger partial charge in [0.2, 0.25) is 5.28 Å². The third kappa shape index (κ3) is 4.58. The molecule has 1 aliphatic rings. The number of carboxylic acids is 1. The summed E-state index contributed by atoms with van der Waals surface area (Å²) in [6, 6.07) is 1.06. The molecule has 2 unspecified atom stereocenters. The third-order valence-corrected chi connectivity index (χ3v) is 5.80. The second kappa shape index (κ2) is 8.74. The molecule has 0 saturated carbocycles. The lowest BCUT2D eigenvalue weighted by Gasteiger charge is -2.38. The van der Waals surface area contributed by atoms with E-state index in [2.05, 4.69) is 20.3 Å². The first kappa shape index (κ1) is 21.6. The summed E-state index contributed by atoms with van der Waals surface area (Å²) in [4.78, 5) is 36.3. The Hall–Kier alpha value is -2.07. The summed E-state index contributed by atoms with van der Waals surface area (Å²) in [6.45, 7) is 2.58. The van der Waals surface area contributed by atoms with Crippen molar-refractivity contribution in [2.75, 3.05) is 25.1 Å². The highest BCUT2D eigenvalue weighted by Crippen LogP contribution is 2.29. The number of nitrogens with zero attached hydrogens (tertiary/aromatic N) is 3. The molecular weight excluding hydrogens is 445 g/mol. The molecule has 1 amide bonds. The number of piperidine rings is 1. The molecule has 2 aromatic rings. The number of carboxylic acid groups (broad SMARTS) is 1. The molecule has 156 valence electrons. The van der Waals surface area contributed by atoms with Gasteiger partial charge in [0.05, 0.1) is 22.2 Å². The number of aryl methyl sites for hydroxylation is 1. The van der Waals surface area contributed by atoms with Crippen LogP contribution in [0.3, 0.4) is 0 Å². The van der Waals surface area contributed by atoms with E-state index in [-0.39, 0.29) is 39.7 Å². The van der Waals surface area contributed by atoms with Crippen molar-refractivity contribution in [2.45, 2.75) is 25.5 Å². The van der Waals surface area contributed by atoms with Crippen LogP contribution in [0.4, 0.5) is 5.82 Å². The fourth-order valence-corrected chi connectivity index (χ4v) is 3.77. The summed E-state index contributed by atoms with van der Waals surface area (Å²) >= 11 is 18.0. The van der Waals surface area contributed by atoms with Crippen LogP contribution in [0, 0.1) is 6.92 Å². The fraction of sp³-hybridized carbons (Fsp3) is 0.412. The van der Waals surface area contributed by atoms with Crippen molar-refractivity contribution in [1.82, 2.24) is 20.3 Å². The molecule has 0 aromatic carbocycles.